The number of hydrogen-bond donors (Lipinski definition) is 0. The molecule has 5 heteroatoms. The topological polar surface area (TPSA) is 26.3 Å². The van der Waals surface area contributed by atoms with Crippen molar-refractivity contribution in [3.8, 4) is 5.75 Å². The van der Waals surface area contributed by atoms with Gasteiger partial charge in [-0.15, -0.1) is 0 Å². The molecule has 2 rings (SSSR count). The number of hydrogen-bond acceptors (Lipinski definition) is 2. The molecule has 0 heterocycles. The van der Waals surface area contributed by atoms with Crippen LogP contribution in [-0.2, 0) is 4.79 Å². The Kier molecular flexibility index (Phi) is 5.95. The van der Waals surface area contributed by atoms with Gasteiger partial charge in [0.25, 0.3) is 0 Å². The Morgan fingerprint density at radius 2 is 1.27 bits per heavy atom. The van der Waals surface area contributed by atoms with E-state index in [1.807, 2.05) is 12.1 Å². The lowest BCUT2D eigenvalue weighted by Crippen LogP contribution is -2.84. The van der Waals surface area contributed by atoms with Crippen LogP contribution in [0.4, 0.5) is 0 Å². The number of rotatable bonds is 6. The third-order valence-electron chi connectivity index (χ3n) is 5.13. The SMILES string of the molecule is C=CC(=O)Oc1ccc([Si](c2ccccc2)([Si](C)(C)C)[Si](C)(C)C)cc1. The van der Waals surface area contributed by atoms with Gasteiger partial charge in [0.15, 0.2) is 0 Å². The predicted molar refractivity (Wildman–Crippen MR) is 120 cm³/mol. The van der Waals surface area contributed by atoms with E-state index in [0.717, 1.165) is 0 Å². The number of ether oxygens (including phenoxy) is 1. The first-order valence-corrected chi connectivity index (χ1v) is 20.0. The van der Waals surface area contributed by atoms with Crippen molar-refractivity contribution >= 4 is 38.6 Å². The zero-order chi connectivity index (χ0) is 19.6. The van der Waals surface area contributed by atoms with Crippen LogP contribution in [-0.4, -0.2) is 28.3 Å². The van der Waals surface area contributed by atoms with E-state index in [2.05, 4.69) is 88.3 Å². The summed E-state index contributed by atoms with van der Waals surface area (Å²) < 4.78 is 5.29. The van der Waals surface area contributed by atoms with Crippen molar-refractivity contribution in [2.45, 2.75) is 39.3 Å². The molecule has 138 valence electrons. The number of carbonyl (C=O) groups excluding carboxylic acids is 1. The van der Waals surface area contributed by atoms with Gasteiger partial charge in [0, 0.05) is 21.3 Å². The largest absolute Gasteiger partial charge is 0.423 e. The molecule has 2 nitrogen and oxygen atoms in total. The first-order chi connectivity index (χ1) is 12.0. The fourth-order valence-electron chi connectivity index (χ4n) is 4.64. The van der Waals surface area contributed by atoms with E-state index in [4.69, 9.17) is 4.74 Å². The second-order valence-electron chi connectivity index (χ2n) is 8.77. The molecule has 0 aliphatic heterocycles. The molecule has 0 atom stereocenters. The van der Waals surface area contributed by atoms with Crippen LogP contribution in [0.25, 0.3) is 0 Å². The van der Waals surface area contributed by atoms with Crippen LogP contribution in [0, 0.1) is 0 Å². The smallest absolute Gasteiger partial charge is 0.335 e. The van der Waals surface area contributed by atoms with Crippen LogP contribution < -0.4 is 15.1 Å². The highest BCUT2D eigenvalue weighted by atomic mass is 29.6. The van der Waals surface area contributed by atoms with Gasteiger partial charge in [0.1, 0.15) is 12.9 Å². The average Bonchev–Trinajstić information content (AvgIpc) is 2.55. The number of benzene rings is 2. The Morgan fingerprint density at radius 1 is 0.808 bits per heavy atom. The molecule has 0 saturated heterocycles. The molecule has 0 radical (unpaired) electrons. The monoisotopic (exact) mass is 398 g/mol. The molecule has 2 aromatic rings. The second kappa shape index (κ2) is 7.50. The lowest BCUT2D eigenvalue weighted by Gasteiger charge is -2.51. The second-order valence-corrected chi connectivity index (χ2v) is 35.4. The Hall–Kier alpha value is -1.70. The van der Waals surface area contributed by atoms with E-state index >= 15 is 0 Å². The third-order valence-corrected chi connectivity index (χ3v) is 42.5. The molecule has 0 fully saturated rings. The zero-order valence-corrected chi connectivity index (χ0v) is 19.8. The van der Waals surface area contributed by atoms with E-state index in [1.54, 1.807) is 5.19 Å². The van der Waals surface area contributed by atoms with Crippen LogP contribution in [0.15, 0.2) is 67.3 Å². The summed E-state index contributed by atoms with van der Waals surface area (Å²) >= 11 is 0. The van der Waals surface area contributed by atoms with E-state index in [9.17, 15) is 4.79 Å². The molecule has 0 bridgehead atoms. The summed E-state index contributed by atoms with van der Waals surface area (Å²) in [4.78, 5) is 11.5. The molecule has 0 aliphatic rings. The van der Waals surface area contributed by atoms with Crippen molar-refractivity contribution in [2.75, 3.05) is 0 Å². The maximum Gasteiger partial charge on any atom is 0.335 e. The van der Waals surface area contributed by atoms with E-state index in [1.165, 1.54) is 11.3 Å². The first kappa shape index (κ1) is 20.6. The summed E-state index contributed by atoms with van der Waals surface area (Å²) in [5, 5.41) is 3.02. The minimum absolute atomic E-state index is 0.417. The Bertz CT molecular complexity index is 756. The van der Waals surface area contributed by atoms with Gasteiger partial charge in [-0.1, -0.05) is 98.7 Å². The van der Waals surface area contributed by atoms with Crippen LogP contribution in [0.3, 0.4) is 0 Å². The summed E-state index contributed by atoms with van der Waals surface area (Å²) in [5.74, 6) is 0.167. The Morgan fingerprint density at radius 3 is 1.69 bits per heavy atom. The maximum absolute atomic E-state index is 11.5. The fourth-order valence-corrected chi connectivity index (χ4v) is 51.4. The van der Waals surface area contributed by atoms with Crippen LogP contribution >= 0.6 is 0 Å². The normalized spacial score (nSPS) is 12.5. The van der Waals surface area contributed by atoms with Gasteiger partial charge in [-0.25, -0.2) is 4.79 Å². The van der Waals surface area contributed by atoms with Gasteiger partial charge in [0.05, 0.1) is 0 Å². The van der Waals surface area contributed by atoms with Gasteiger partial charge in [-0.05, 0) is 12.1 Å². The molecule has 2 aromatic carbocycles. The molecule has 0 N–H and O–H groups in total. The average molecular weight is 399 g/mol. The summed E-state index contributed by atoms with van der Waals surface area (Å²) in [7, 11) is -4.97. The zero-order valence-electron chi connectivity index (χ0n) is 16.8. The van der Waals surface area contributed by atoms with Gasteiger partial charge < -0.3 is 4.74 Å². The van der Waals surface area contributed by atoms with Crippen molar-refractivity contribution < 1.29 is 9.53 Å². The minimum Gasteiger partial charge on any atom is -0.423 e. The van der Waals surface area contributed by atoms with Crippen molar-refractivity contribution in [3.63, 3.8) is 0 Å². The Labute approximate surface area is 160 Å². The summed E-state index contributed by atoms with van der Waals surface area (Å²) in [6.45, 7) is 18.6. The van der Waals surface area contributed by atoms with Crippen molar-refractivity contribution in [2.24, 2.45) is 0 Å². The van der Waals surface area contributed by atoms with E-state index in [0.29, 0.717) is 5.75 Å². The van der Waals surface area contributed by atoms with Crippen molar-refractivity contribution in [3.05, 3.63) is 67.3 Å². The van der Waals surface area contributed by atoms with Crippen LogP contribution in [0.1, 0.15) is 0 Å². The summed E-state index contributed by atoms with van der Waals surface area (Å²) in [6.07, 6.45) is 1.20. The van der Waals surface area contributed by atoms with Crippen molar-refractivity contribution in [1.82, 2.24) is 0 Å². The molecule has 0 unspecified atom stereocenters. The molecule has 0 saturated carbocycles. The minimum atomic E-state index is -1.90. The number of esters is 1. The standard InChI is InChI=1S/C21H30O2Si3/c1-8-21(22)23-18-14-16-20(17-15-18)26(24(2,3)4,25(5,6)7)19-12-10-9-11-13-19/h8-17H,1H2,2-7H3. The molecule has 0 aromatic heterocycles. The lowest BCUT2D eigenvalue weighted by atomic mass is 10.3. The van der Waals surface area contributed by atoms with Crippen LogP contribution in [0.2, 0.25) is 39.3 Å². The Balaban J connectivity index is 2.69. The summed E-state index contributed by atoms with van der Waals surface area (Å²) in [5.41, 5.74) is 0. The van der Waals surface area contributed by atoms with Crippen molar-refractivity contribution in [1.29, 1.82) is 0 Å². The molecular weight excluding hydrogens is 368 g/mol. The molecule has 0 spiro atoms. The molecule has 0 aliphatic carbocycles. The quantitative estimate of drug-likeness (QED) is 0.316. The van der Waals surface area contributed by atoms with Gasteiger partial charge in [-0.3, -0.25) is 0 Å². The molecular formula is C21H30O2Si3. The number of carbonyl (C=O) groups is 1. The predicted octanol–water partition coefficient (Wildman–Crippen LogP) is 4.17. The van der Waals surface area contributed by atoms with Gasteiger partial charge in [0.2, 0.25) is 0 Å². The molecule has 26 heavy (non-hydrogen) atoms. The highest BCUT2D eigenvalue weighted by Gasteiger charge is 2.56. The first-order valence-electron chi connectivity index (χ1n) is 9.04. The molecule has 0 amide bonds. The van der Waals surface area contributed by atoms with E-state index < -0.39 is 28.3 Å². The maximum atomic E-state index is 11.5. The third kappa shape index (κ3) is 3.70. The highest BCUT2D eigenvalue weighted by Crippen LogP contribution is 2.29. The van der Waals surface area contributed by atoms with Gasteiger partial charge in [-0.2, -0.15) is 0 Å². The van der Waals surface area contributed by atoms with Crippen LogP contribution in [0.5, 0.6) is 5.75 Å². The lowest BCUT2D eigenvalue weighted by molar-refractivity contribution is -0.128. The summed E-state index contributed by atoms with van der Waals surface area (Å²) in [6, 6.07) is 19.5. The fraction of sp³-hybridized carbons (Fsp3) is 0.286. The van der Waals surface area contributed by atoms with Gasteiger partial charge >= 0.3 is 5.97 Å². The van der Waals surface area contributed by atoms with E-state index in [-0.39, 0.29) is 0 Å². The highest BCUT2D eigenvalue weighted by molar-refractivity contribution is 7.76.